The van der Waals surface area contributed by atoms with Crippen LogP contribution in [0.15, 0.2) is 23.2 Å². The highest BCUT2D eigenvalue weighted by Gasteiger charge is 2.21. The molecule has 1 aromatic rings. The van der Waals surface area contributed by atoms with Crippen LogP contribution in [0.25, 0.3) is 0 Å². The minimum atomic E-state index is -0.533. The Morgan fingerprint density at radius 3 is 2.95 bits per heavy atom. The van der Waals surface area contributed by atoms with Gasteiger partial charge in [0.1, 0.15) is 0 Å². The molecule has 0 saturated carbocycles. The van der Waals surface area contributed by atoms with Crippen LogP contribution in [0, 0.1) is 0 Å². The molecule has 0 saturated heterocycles. The van der Waals surface area contributed by atoms with Crippen molar-refractivity contribution in [2.75, 3.05) is 25.0 Å². The standard InChI is InChI=1S/C13H17N5O.ClH/c14-12(19)17-11-2-1-9-3-6-18(8-10(9)7-11)13-15-4-5-16-13;/h1-2,7H,3-6,8H2,(H,15,16)(H3,14,17,19);1H. The first-order chi connectivity index (χ1) is 9.22. The van der Waals surface area contributed by atoms with Gasteiger partial charge in [0, 0.05) is 25.3 Å². The second kappa shape index (κ2) is 6.00. The van der Waals surface area contributed by atoms with Gasteiger partial charge in [-0.2, -0.15) is 0 Å². The predicted molar refractivity (Wildman–Crippen MR) is 81.3 cm³/mol. The molecule has 0 spiro atoms. The van der Waals surface area contributed by atoms with Crippen LogP contribution in [-0.2, 0) is 13.0 Å². The minimum absolute atomic E-state index is 0. The van der Waals surface area contributed by atoms with E-state index in [4.69, 9.17) is 5.73 Å². The first-order valence-electron chi connectivity index (χ1n) is 6.44. The number of nitrogens with two attached hydrogens (primary N) is 1. The van der Waals surface area contributed by atoms with E-state index in [0.29, 0.717) is 0 Å². The van der Waals surface area contributed by atoms with E-state index in [2.05, 4.69) is 26.6 Å². The second-order valence-electron chi connectivity index (χ2n) is 4.78. The van der Waals surface area contributed by atoms with Gasteiger partial charge in [-0.25, -0.2) is 4.79 Å². The Balaban J connectivity index is 0.00000147. The summed E-state index contributed by atoms with van der Waals surface area (Å²) < 4.78 is 0. The lowest BCUT2D eigenvalue weighted by molar-refractivity contribution is 0.259. The molecule has 0 fully saturated rings. The number of guanidine groups is 1. The van der Waals surface area contributed by atoms with E-state index in [-0.39, 0.29) is 12.4 Å². The number of amides is 2. The maximum Gasteiger partial charge on any atom is 0.316 e. The monoisotopic (exact) mass is 295 g/mol. The number of halogens is 1. The van der Waals surface area contributed by atoms with E-state index < -0.39 is 6.03 Å². The number of nitrogens with zero attached hydrogens (tertiary/aromatic N) is 2. The molecule has 4 N–H and O–H groups in total. The highest BCUT2D eigenvalue weighted by atomic mass is 35.5. The van der Waals surface area contributed by atoms with E-state index in [1.165, 1.54) is 11.1 Å². The number of hydrogen-bond acceptors (Lipinski definition) is 4. The SMILES string of the molecule is Cl.NC(=O)Nc1ccc2c(c1)CN(C1=NCCN1)CC2. The van der Waals surface area contributed by atoms with Gasteiger partial charge in [0.25, 0.3) is 0 Å². The summed E-state index contributed by atoms with van der Waals surface area (Å²) in [5, 5.41) is 5.90. The van der Waals surface area contributed by atoms with Gasteiger partial charge in [-0.05, 0) is 29.7 Å². The number of benzene rings is 1. The average Bonchev–Trinajstić information content (AvgIpc) is 2.91. The molecule has 6 nitrogen and oxygen atoms in total. The van der Waals surface area contributed by atoms with Crippen LogP contribution in [-0.4, -0.2) is 36.5 Å². The number of primary amides is 1. The summed E-state index contributed by atoms with van der Waals surface area (Å²) in [4.78, 5) is 17.6. The fraction of sp³-hybridized carbons (Fsp3) is 0.385. The van der Waals surface area contributed by atoms with Crippen LogP contribution < -0.4 is 16.4 Å². The largest absolute Gasteiger partial charge is 0.354 e. The first kappa shape index (κ1) is 14.5. The number of hydrogen-bond donors (Lipinski definition) is 3. The van der Waals surface area contributed by atoms with Gasteiger partial charge >= 0.3 is 6.03 Å². The number of carbonyl (C=O) groups excluding carboxylic acids is 1. The molecular weight excluding hydrogens is 278 g/mol. The van der Waals surface area contributed by atoms with Gasteiger partial charge < -0.3 is 21.3 Å². The Hall–Kier alpha value is -1.95. The number of anilines is 1. The summed E-state index contributed by atoms with van der Waals surface area (Å²) in [5.74, 6) is 0.985. The third kappa shape index (κ3) is 2.96. The molecule has 0 aliphatic carbocycles. The van der Waals surface area contributed by atoms with E-state index in [1.54, 1.807) is 0 Å². The first-order valence-corrected chi connectivity index (χ1v) is 6.44. The lowest BCUT2D eigenvalue weighted by Crippen LogP contribution is -2.41. The Bertz CT molecular complexity index is 546. The quantitative estimate of drug-likeness (QED) is 0.720. The van der Waals surface area contributed by atoms with Crippen LogP contribution in [0.2, 0.25) is 0 Å². The third-order valence-corrected chi connectivity index (χ3v) is 3.44. The van der Waals surface area contributed by atoms with Gasteiger partial charge in [0.05, 0.1) is 6.54 Å². The minimum Gasteiger partial charge on any atom is -0.354 e. The van der Waals surface area contributed by atoms with Crippen molar-refractivity contribution in [3.63, 3.8) is 0 Å². The van der Waals surface area contributed by atoms with E-state index in [9.17, 15) is 4.79 Å². The molecule has 0 bridgehead atoms. The van der Waals surface area contributed by atoms with Crippen molar-refractivity contribution in [2.45, 2.75) is 13.0 Å². The molecule has 0 radical (unpaired) electrons. The highest BCUT2D eigenvalue weighted by Crippen LogP contribution is 2.23. The lowest BCUT2D eigenvalue weighted by atomic mass is 9.99. The van der Waals surface area contributed by atoms with Gasteiger partial charge in [-0.15, -0.1) is 12.4 Å². The van der Waals surface area contributed by atoms with Crippen LogP contribution in [0.3, 0.4) is 0 Å². The van der Waals surface area contributed by atoms with Crippen molar-refractivity contribution in [2.24, 2.45) is 10.7 Å². The predicted octanol–water partition coefficient (Wildman–Crippen LogP) is 0.916. The molecule has 108 valence electrons. The van der Waals surface area contributed by atoms with Gasteiger partial charge in [-0.1, -0.05) is 6.07 Å². The lowest BCUT2D eigenvalue weighted by Gasteiger charge is -2.30. The van der Waals surface area contributed by atoms with Crippen molar-refractivity contribution in [3.8, 4) is 0 Å². The maximum atomic E-state index is 10.9. The molecule has 3 rings (SSSR count). The summed E-state index contributed by atoms with van der Waals surface area (Å²) in [6, 6.07) is 5.41. The van der Waals surface area contributed by atoms with Gasteiger partial charge in [-0.3, -0.25) is 4.99 Å². The molecule has 2 aliphatic heterocycles. The van der Waals surface area contributed by atoms with E-state index >= 15 is 0 Å². The topological polar surface area (TPSA) is 82.8 Å². The number of urea groups is 1. The van der Waals surface area contributed by atoms with Crippen molar-refractivity contribution in [1.29, 1.82) is 0 Å². The van der Waals surface area contributed by atoms with E-state index in [1.807, 2.05) is 12.1 Å². The molecule has 1 aromatic carbocycles. The number of aliphatic imine (C=N–C) groups is 1. The zero-order chi connectivity index (χ0) is 13.2. The van der Waals surface area contributed by atoms with Crippen LogP contribution in [0.1, 0.15) is 11.1 Å². The van der Waals surface area contributed by atoms with Crippen LogP contribution in [0.5, 0.6) is 0 Å². The summed E-state index contributed by atoms with van der Waals surface area (Å²) >= 11 is 0. The number of fused-ring (bicyclic) bond motifs is 1. The van der Waals surface area contributed by atoms with Crippen molar-refractivity contribution in [3.05, 3.63) is 29.3 Å². The fourth-order valence-electron chi connectivity index (χ4n) is 2.56. The highest BCUT2D eigenvalue weighted by molar-refractivity contribution is 5.88. The van der Waals surface area contributed by atoms with Crippen molar-refractivity contribution >= 4 is 30.1 Å². The van der Waals surface area contributed by atoms with Crippen LogP contribution in [0.4, 0.5) is 10.5 Å². The van der Waals surface area contributed by atoms with E-state index in [0.717, 1.165) is 44.2 Å². The zero-order valence-electron chi connectivity index (χ0n) is 11.1. The molecule has 7 heteroatoms. The molecule has 20 heavy (non-hydrogen) atoms. The summed E-state index contributed by atoms with van der Waals surface area (Å²) in [5.41, 5.74) is 8.42. The smallest absolute Gasteiger partial charge is 0.316 e. The van der Waals surface area contributed by atoms with Gasteiger partial charge in [0.15, 0.2) is 5.96 Å². The van der Waals surface area contributed by atoms with Crippen molar-refractivity contribution in [1.82, 2.24) is 10.2 Å². The Morgan fingerprint density at radius 1 is 1.40 bits per heavy atom. The number of nitrogens with one attached hydrogen (secondary N) is 2. The summed E-state index contributed by atoms with van der Waals surface area (Å²) in [6.07, 6.45) is 0.993. The maximum absolute atomic E-state index is 10.9. The second-order valence-corrected chi connectivity index (χ2v) is 4.78. The number of carbonyl (C=O) groups is 1. The molecule has 2 amide bonds. The Labute approximate surface area is 123 Å². The Morgan fingerprint density at radius 2 is 2.25 bits per heavy atom. The van der Waals surface area contributed by atoms with Crippen LogP contribution >= 0.6 is 12.4 Å². The Kier molecular flexibility index (Phi) is 4.34. The number of rotatable bonds is 1. The summed E-state index contributed by atoms with van der Waals surface area (Å²) in [6.45, 7) is 3.56. The zero-order valence-corrected chi connectivity index (χ0v) is 11.9. The normalized spacial score (nSPS) is 16.6. The molecule has 0 atom stereocenters. The van der Waals surface area contributed by atoms with Crippen molar-refractivity contribution < 1.29 is 4.79 Å². The molecule has 2 heterocycles. The summed E-state index contributed by atoms with van der Waals surface area (Å²) in [7, 11) is 0. The molecule has 2 aliphatic rings. The van der Waals surface area contributed by atoms with Gasteiger partial charge in [0.2, 0.25) is 0 Å². The third-order valence-electron chi connectivity index (χ3n) is 3.44. The fourth-order valence-corrected chi connectivity index (χ4v) is 2.56. The molecule has 0 aromatic heterocycles. The average molecular weight is 296 g/mol. The molecular formula is C13H18ClN5O. The molecule has 0 unspecified atom stereocenters.